The molecular formula is C60H40N4O2S. The maximum absolute atomic E-state index is 16.2. The largest absolute Gasteiger partial charge is 0.309 e. The van der Waals surface area contributed by atoms with Crippen LogP contribution in [0.3, 0.4) is 0 Å². The topological polar surface area (TPSA) is 53.9 Å². The van der Waals surface area contributed by atoms with E-state index in [9.17, 15) is 0 Å². The Morgan fingerprint density at radius 3 is 0.955 bits per heavy atom. The number of sulfone groups is 1. The molecule has 0 bridgehead atoms. The molecule has 1 aliphatic rings. The minimum Gasteiger partial charge on any atom is -0.309 e. The highest BCUT2D eigenvalue weighted by atomic mass is 32.2. The first-order valence-electron chi connectivity index (χ1n) is 22.8. The van der Waals surface area contributed by atoms with E-state index in [2.05, 4.69) is 188 Å². The van der Waals surface area contributed by atoms with Crippen LogP contribution in [0.4, 0.5) is 0 Å². The Kier molecular flexibility index (Phi) is 8.10. The van der Waals surface area contributed by atoms with Crippen LogP contribution in [0, 0.1) is 0 Å². The van der Waals surface area contributed by atoms with Gasteiger partial charge in [-0.2, -0.15) is 0 Å². The van der Waals surface area contributed by atoms with Gasteiger partial charge < -0.3 is 18.3 Å². The zero-order valence-electron chi connectivity index (χ0n) is 36.2. The predicted octanol–water partition coefficient (Wildman–Crippen LogP) is 14.7. The molecule has 4 aromatic heterocycles. The van der Waals surface area contributed by atoms with Gasteiger partial charge in [-0.15, -0.1) is 0 Å². The molecule has 0 aliphatic heterocycles. The Hall–Kier alpha value is -8.39. The molecule has 0 N–H and O–H groups in total. The fourth-order valence-electron chi connectivity index (χ4n) is 11.2. The normalized spacial score (nSPS) is 13.0. The summed E-state index contributed by atoms with van der Waals surface area (Å²) < 4.78 is 41.3. The van der Waals surface area contributed by atoms with Crippen molar-refractivity contribution in [1.29, 1.82) is 0 Å². The Morgan fingerprint density at radius 1 is 0.328 bits per heavy atom. The molecule has 0 fully saturated rings. The molecule has 0 amide bonds. The number of benzene rings is 9. The highest BCUT2D eigenvalue weighted by Gasteiger charge is 2.27. The van der Waals surface area contributed by atoms with Crippen LogP contribution in [0.15, 0.2) is 222 Å². The van der Waals surface area contributed by atoms with Crippen molar-refractivity contribution in [2.24, 2.45) is 0 Å². The molecular weight excluding hydrogens is 841 g/mol. The van der Waals surface area contributed by atoms with Crippen molar-refractivity contribution in [3.05, 3.63) is 224 Å². The summed E-state index contributed by atoms with van der Waals surface area (Å²) in [5.41, 5.74) is 12.5. The van der Waals surface area contributed by atoms with Crippen LogP contribution in [0.5, 0.6) is 0 Å². The van der Waals surface area contributed by atoms with E-state index in [0.29, 0.717) is 0 Å². The van der Waals surface area contributed by atoms with Crippen molar-refractivity contribution in [2.45, 2.75) is 22.6 Å². The van der Waals surface area contributed by atoms with Crippen molar-refractivity contribution in [2.75, 3.05) is 0 Å². The van der Waals surface area contributed by atoms with Gasteiger partial charge in [0, 0.05) is 66.1 Å². The van der Waals surface area contributed by atoms with Crippen LogP contribution in [0.2, 0.25) is 0 Å². The number of aromatic nitrogens is 4. The van der Waals surface area contributed by atoms with E-state index in [4.69, 9.17) is 0 Å². The van der Waals surface area contributed by atoms with Gasteiger partial charge in [-0.05, 0) is 103 Å². The Balaban J connectivity index is 1.09. The van der Waals surface area contributed by atoms with E-state index in [0.717, 1.165) is 112 Å². The molecule has 0 radical (unpaired) electrons. The Labute approximate surface area is 386 Å². The van der Waals surface area contributed by atoms with Crippen LogP contribution < -0.4 is 0 Å². The van der Waals surface area contributed by atoms with Crippen LogP contribution in [-0.2, 0) is 16.3 Å². The van der Waals surface area contributed by atoms with Gasteiger partial charge in [-0.3, -0.25) is 0 Å². The number of allylic oxidation sites excluding steroid dienone is 1. The molecule has 0 spiro atoms. The SMILES string of the molecule is O=S(=O)(c1cc(-n2c3c(c4ccccc42)CCC=C3)cc(-n2c3ccccc3c3ccccc32)c1)c1cc(-n2c3ccccc3c3ccccc32)cc(-n2c3ccccc3c3ccccc32)c1. The maximum Gasteiger partial charge on any atom is 0.206 e. The zero-order valence-corrected chi connectivity index (χ0v) is 37.0. The minimum atomic E-state index is -4.26. The first kappa shape index (κ1) is 37.9. The first-order valence-corrected chi connectivity index (χ1v) is 24.3. The maximum atomic E-state index is 16.2. The molecule has 14 rings (SSSR count). The zero-order chi connectivity index (χ0) is 44.4. The standard InChI is InChI=1S/C60H40N4O2S/c65-67(66,43-35-39(61-53-25-9-1-17-45(53)46-18-2-10-26-54(46)61)33-40(36-43)62-55-27-11-3-19-47(55)48-20-4-12-28-56(48)62)44-37-41(63-57-29-13-5-21-49(57)50-22-6-14-30-58(50)63)34-42(38-44)64-59-31-15-7-23-51(59)52-24-8-16-32-60(52)64/h1-7,9-23,25-38H,8,24H2. The van der Waals surface area contributed by atoms with Gasteiger partial charge in [0.2, 0.25) is 9.84 Å². The van der Waals surface area contributed by atoms with Gasteiger partial charge in [0.25, 0.3) is 0 Å². The van der Waals surface area contributed by atoms with E-state index >= 15 is 8.42 Å². The highest BCUT2D eigenvalue weighted by Crippen LogP contribution is 2.41. The fraction of sp³-hybridized carbons (Fsp3) is 0.0333. The van der Waals surface area contributed by atoms with Crippen LogP contribution in [-0.4, -0.2) is 26.7 Å². The lowest BCUT2D eigenvalue weighted by molar-refractivity contribution is 0.596. The first-order chi connectivity index (χ1) is 33.0. The molecule has 0 saturated heterocycles. The van der Waals surface area contributed by atoms with E-state index in [1.165, 1.54) is 10.9 Å². The van der Waals surface area contributed by atoms with Crippen LogP contribution >= 0.6 is 0 Å². The van der Waals surface area contributed by atoms with Crippen molar-refractivity contribution < 1.29 is 8.42 Å². The van der Waals surface area contributed by atoms with Crippen molar-refractivity contribution in [3.8, 4) is 22.7 Å². The Bertz CT molecular complexity index is 4080. The number of hydrogen-bond donors (Lipinski definition) is 0. The number of hydrogen-bond acceptors (Lipinski definition) is 2. The van der Waals surface area contributed by atoms with Gasteiger partial charge in [-0.1, -0.05) is 133 Å². The third-order valence-electron chi connectivity index (χ3n) is 14.0. The number of aryl methyl sites for hydroxylation is 1. The van der Waals surface area contributed by atoms with E-state index < -0.39 is 9.84 Å². The van der Waals surface area contributed by atoms with E-state index in [1.807, 2.05) is 48.5 Å². The predicted molar refractivity (Wildman–Crippen MR) is 276 cm³/mol. The molecule has 13 aromatic rings. The average Bonchev–Trinajstić information content (AvgIpc) is 4.11. The molecule has 318 valence electrons. The van der Waals surface area contributed by atoms with Gasteiger partial charge in [0.1, 0.15) is 0 Å². The molecule has 0 saturated carbocycles. The highest BCUT2D eigenvalue weighted by molar-refractivity contribution is 7.91. The lowest BCUT2D eigenvalue weighted by Gasteiger charge is -2.18. The molecule has 9 aromatic carbocycles. The summed E-state index contributed by atoms with van der Waals surface area (Å²) in [6.07, 6.45) is 6.30. The summed E-state index contributed by atoms with van der Waals surface area (Å²) in [6, 6.07) is 70.6. The number of fused-ring (bicyclic) bond motifs is 12. The molecule has 0 atom stereocenters. The number of nitrogens with zero attached hydrogens (tertiary/aromatic N) is 4. The van der Waals surface area contributed by atoms with Crippen molar-refractivity contribution in [1.82, 2.24) is 18.3 Å². The molecule has 7 heteroatoms. The van der Waals surface area contributed by atoms with E-state index in [-0.39, 0.29) is 9.79 Å². The monoisotopic (exact) mass is 880 g/mol. The smallest absolute Gasteiger partial charge is 0.206 e. The van der Waals surface area contributed by atoms with Gasteiger partial charge in [0.15, 0.2) is 0 Å². The van der Waals surface area contributed by atoms with Crippen LogP contribution in [0.1, 0.15) is 17.7 Å². The summed E-state index contributed by atoms with van der Waals surface area (Å²) in [5.74, 6) is 0. The Morgan fingerprint density at radius 2 is 0.612 bits per heavy atom. The lowest BCUT2D eigenvalue weighted by atomic mass is 10.0. The summed E-state index contributed by atoms with van der Waals surface area (Å²) >= 11 is 0. The number of para-hydroxylation sites is 7. The van der Waals surface area contributed by atoms with E-state index in [1.54, 1.807) is 0 Å². The van der Waals surface area contributed by atoms with Crippen LogP contribution in [0.25, 0.3) is 105 Å². The second kappa shape index (κ2) is 14.3. The molecule has 0 unspecified atom stereocenters. The van der Waals surface area contributed by atoms with Crippen molar-refractivity contribution >= 4 is 92.2 Å². The second-order valence-corrected chi connectivity index (χ2v) is 19.6. The van der Waals surface area contributed by atoms with Gasteiger partial charge >= 0.3 is 0 Å². The van der Waals surface area contributed by atoms with Gasteiger partial charge in [-0.25, -0.2) is 8.42 Å². The average molecular weight is 881 g/mol. The molecule has 6 nitrogen and oxygen atoms in total. The van der Waals surface area contributed by atoms with Crippen molar-refractivity contribution in [3.63, 3.8) is 0 Å². The number of rotatable bonds is 6. The fourth-order valence-corrected chi connectivity index (χ4v) is 12.5. The summed E-state index contributed by atoms with van der Waals surface area (Å²) in [5, 5.41) is 7.80. The van der Waals surface area contributed by atoms with Gasteiger partial charge in [0.05, 0.1) is 48.4 Å². The second-order valence-electron chi connectivity index (χ2n) is 17.6. The quantitative estimate of drug-likeness (QED) is 0.167. The molecule has 1 aliphatic carbocycles. The summed E-state index contributed by atoms with van der Waals surface area (Å²) in [7, 11) is -4.26. The third kappa shape index (κ3) is 5.52. The summed E-state index contributed by atoms with van der Waals surface area (Å²) in [4.78, 5) is 0.411. The molecule has 4 heterocycles. The molecule has 67 heavy (non-hydrogen) atoms. The third-order valence-corrected chi connectivity index (χ3v) is 15.7. The minimum absolute atomic E-state index is 0.202. The lowest BCUT2D eigenvalue weighted by Crippen LogP contribution is -2.09. The summed E-state index contributed by atoms with van der Waals surface area (Å²) in [6.45, 7) is 0.